The smallest absolute Gasteiger partial charge is 0.143 e. The minimum absolute atomic E-state index is 0.0294. The number of pyridine rings is 1. The molecule has 0 bridgehead atoms. The van der Waals surface area contributed by atoms with E-state index in [1.807, 2.05) is 30.5 Å². The normalized spacial score (nSPS) is 14.9. The van der Waals surface area contributed by atoms with Crippen molar-refractivity contribution in [3.63, 3.8) is 0 Å². The SMILES string of the molecule is Cc1nc(CSc2nc(N)c(C#N)c(-c3ccc4c(c3)CCC(CO)O4)c2C#N)cs1. The molecule has 0 saturated heterocycles. The fourth-order valence-corrected chi connectivity index (χ4v) is 5.14. The Morgan fingerprint density at radius 3 is 2.77 bits per heavy atom. The standard InChI is InChI=1S/C22H19N5O2S2/c1-12-26-15(10-30-12)11-31-22-18(8-24)20(17(7-23)21(25)27-22)14-3-5-19-13(6-14)2-4-16(9-28)29-19/h3,5-6,10,16,28H,2,4,9,11H2,1H3,(H2,25,27). The minimum atomic E-state index is -0.211. The number of nitriles is 2. The number of aryl methyl sites for hydroxylation is 2. The summed E-state index contributed by atoms with van der Waals surface area (Å²) in [5, 5.41) is 32.5. The average molecular weight is 450 g/mol. The predicted molar refractivity (Wildman–Crippen MR) is 120 cm³/mol. The van der Waals surface area contributed by atoms with Crippen LogP contribution >= 0.6 is 23.1 Å². The van der Waals surface area contributed by atoms with Crippen molar-refractivity contribution in [2.24, 2.45) is 0 Å². The number of fused-ring (bicyclic) bond motifs is 1. The molecule has 0 saturated carbocycles. The third-order valence-corrected chi connectivity index (χ3v) is 6.85. The van der Waals surface area contributed by atoms with Gasteiger partial charge in [-0.2, -0.15) is 10.5 Å². The second-order valence-corrected chi connectivity index (χ2v) is 9.11. The first-order chi connectivity index (χ1) is 15.0. The number of nitrogens with zero attached hydrogens (tertiary/aromatic N) is 4. The van der Waals surface area contributed by atoms with E-state index in [-0.39, 0.29) is 24.1 Å². The Balaban J connectivity index is 1.77. The van der Waals surface area contributed by atoms with Gasteiger partial charge in [0.05, 0.1) is 22.9 Å². The lowest BCUT2D eigenvalue weighted by atomic mass is 9.93. The van der Waals surface area contributed by atoms with Gasteiger partial charge in [-0.3, -0.25) is 0 Å². The highest BCUT2D eigenvalue weighted by molar-refractivity contribution is 7.98. The number of rotatable bonds is 5. The molecule has 1 aliphatic rings. The monoisotopic (exact) mass is 449 g/mol. The van der Waals surface area contributed by atoms with Crippen LogP contribution in [-0.2, 0) is 12.2 Å². The van der Waals surface area contributed by atoms with E-state index in [1.54, 1.807) is 11.3 Å². The van der Waals surface area contributed by atoms with E-state index >= 15 is 0 Å². The molecule has 0 fully saturated rings. The molecular weight excluding hydrogens is 430 g/mol. The van der Waals surface area contributed by atoms with E-state index in [2.05, 4.69) is 22.1 Å². The molecule has 0 amide bonds. The summed E-state index contributed by atoms with van der Waals surface area (Å²) >= 11 is 2.95. The predicted octanol–water partition coefficient (Wildman–Crippen LogP) is 3.82. The van der Waals surface area contributed by atoms with Crippen LogP contribution in [0.3, 0.4) is 0 Å². The van der Waals surface area contributed by atoms with E-state index in [0.29, 0.717) is 34.1 Å². The molecule has 3 heterocycles. The second kappa shape index (κ2) is 8.94. The highest BCUT2D eigenvalue weighted by Crippen LogP contribution is 2.39. The first kappa shape index (κ1) is 21.1. The van der Waals surface area contributed by atoms with Crippen molar-refractivity contribution in [2.75, 3.05) is 12.3 Å². The van der Waals surface area contributed by atoms with E-state index < -0.39 is 0 Å². The average Bonchev–Trinajstić information content (AvgIpc) is 3.21. The number of nitrogens with two attached hydrogens (primary N) is 1. The van der Waals surface area contributed by atoms with Crippen molar-refractivity contribution in [2.45, 2.75) is 36.6 Å². The molecule has 1 unspecified atom stereocenters. The zero-order chi connectivity index (χ0) is 22.0. The van der Waals surface area contributed by atoms with Crippen LogP contribution < -0.4 is 10.5 Å². The van der Waals surface area contributed by atoms with Crippen LogP contribution in [0.1, 0.15) is 33.8 Å². The summed E-state index contributed by atoms with van der Waals surface area (Å²) in [5.74, 6) is 1.36. The number of hydrogen-bond acceptors (Lipinski definition) is 9. The van der Waals surface area contributed by atoms with Gasteiger partial charge in [-0.1, -0.05) is 17.8 Å². The molecule has 2 aromatic heterocycles. The van der Waals surface area contributed by atoms with Crippen molar-refractivity contribution in [3.05, 3.63) is 51.0 Å². The first-order valence-electron chi connectivity index (χ1n) is 9.62. The van der Waals surface area contributed by atoms with Crippen molar-refractivity contribution >= 4 is 28.9 Å². The molecule has 9 heteroatoms. The number of thiazole rings is 1. The largest absolute Gasteiger partial charge is 0.488 e. The Bertz CT molecular complexity index is 1230. The second-order valence-electron chi connectivity index (χ2n) is 7.08. The number of ether oxygens (including phenoxy) is 1. The van der Waals surface area contributed by atoms with Gasteiger partial charge >= 0.3 is 0 Å². The molecular formula is C22H19N5O2S2. The van der Waals surface area contributed by atoms with E-state index in [1.165, 1.54) is 11.8 Å². The van der Waals surface area contributed by atoms with Crippen molar-refractivity contribution in [1.29, 1.82) is 10.5 Å². The third-order valence-electron chi connectivity index (χ3n) is 5.02. The summed E-state index contributed by atoms with van der Waals surface area (Å²) in [5.41, 5.74) is 9.72. The van der Waals surface area contributed by atoms with Crippen molar-refractivity contribution < 1.29 is 9.84 Å². The molecule has 1 aliphatic heterocycles. The number of anilines is 1. The maximum atomic E-state index is 9.96. The molecule has 0 radical (unpaired) electrons. The lowest BCUT2D eigenvalue weighted by molar-refractivity contribution is 0.0978. The number of aromatic nitrogens is 2. The number of aliphatic hydroxyl groups excluding tert-OH is 1. The van der Waals surface area contributed by atoms with Crippen LogP contribution in [0.25, 0.3) is 11.1 Å². The quantitative estimate of drug-likeness (QED) is 0.563. The van der Waals surface area contributed by atoms with Crippen LogP contribution in [0.4, 0.5) is 5.82 Å². The molecule has 1 atom stereocenters. The van der Waals surface area contributed by atoms with Gasteiger partial charge in [-0.25, -0.2) is 9.97 Å². The van der Waals surface area contributed by atoms with Gasteiger partial charge in [0.15, 0.2) is 0 Å². The lowest BCUT2D eigenvalue weighted by Gasteiger charge is -2.25. The fourth-order valence-electron chi connectivity index (χ4n) is 3.54. The minimum Gasteiger partial charge on any atom is -0.488 e. The van der Waals surface area contributed by atoms with Gasteiger partial charge in [0, 0.05) is 16.7 Å². The Hall–Kier alpha value is -3.11. The molecule has 1 aromatic carbocycles. The molecule has 7 nitrogen and oxygen atoms in total. The molecule has 31 heavy (non-hydrogen) atoms. The van der Waals surface area contributed by atoms with E-state index in [9.17, 15) is 15.6 Å². The first-order valence-corrected chi connectivity index (χ1v) is 11.5. The van der Waals surface area contributed by atoms with Gasteiger partial charge in [0.2, 0.25) is 0 Å². The molecule has 156 valence electrons. The van der Waals surface area contributed by atoms with Crippen LogP contribution in [0.15, 0.2) is 28.6 Å². The number of nitrogen functional groups attached to an aromatic ring is 1. The van der Waals surface area contributed by atoms with E-state index in [4.69, 9.17) is 10.5 Å². The van der Waals surface area contributed by atoms with Crippen molar-refractivity contribution in [1.82, 2.24) is 9.97 Å². The summed E-state index contributed by atoms with van der Waals surface area (Å²) in [6.07, 6.45) is 1.23. The summed E-state index contributed by atoms with van der Waals surface area (Å²) in [6, 6.07) is 9.90. The van der Waals surface area contributed by atoms with E-state index in [0.717, 1.165) is 28.2 Å². The molecule has 0 spiro atoms. The zero-order valence-corrected chi connectivity index (χ0v) is 18.4. The molecule has 0 aliphatic carbocycles. The van der Waals surface area contributed by atoms with Gasteiger partial charge in [0.25, 0.3) is 0 Å². The third kappa shape index (κ3) is 4.21. The van der Waals surface area contributed by atoms with Crippen molar-refractivity contribution in [3.8, 4) is 29.0 Å². The highest BCUT2D eigenvalue weighted by Gasteiger charge is 2.24. The maximum absolute atomic E-state index is 9.96. The van der Waals surface area contributed by atoms with Crippen LogP contribution in [0.2, 0.25) is 0 Å². The summed E-state index contributed by atoms with van der Waals surface area (Å²) in [6.45, 7) is 1.91. The summed E-state index contributed by atoms with van der Waals surface area (Å²) in [4.78, 5) is 8.80. The number of hydrogen-bond donors (Lipinski definition) is 2. The number of thioether (sulfide) groups is 1. The summed E-state index contributed by atoms with van der Waals surface area (Å²) < 4.78 is 5.79. The molecule has 3 aromatic rings. The van der Waals surface area contributed by atoms with Gasteiger partial charge in [-0.15, -0.1) is 11.3 Å². The number of benzene rings is 1. The maximum Gasteiger partial charge on any atom is 0.143 e. The van der Waals surface area contributed by atoms with Crippen LogP contribution in [0.5, 0.6) is 5.75 Å². The number of aliphatic hydroxyl groups is 1. The highest BCUT2D eigenvalue weighted by atomic mass is 32.2. The topological polar surface area (TPSA) is 129 Å². The Kier molecular flexibility index (Phi) is 6.10. The van der Waals surface area contributed by atoms with Gasteiger partial charge < -0.3 is 15.6 Å². The van der Waals surface area contributed by atoms with Crippen LogP contribution in [-0.4, -0.2) is 27.8 Å². The van der Waals surface area contributed by atoms with Gasteiger partial charge in [0.1, 0.15) is 40.4 Å². The molecule has 3 N–H and O–H groups in total. The summed E-state index contributed by atoms with van der Waals surface area (Å²) in [7, 11) is 0. The Morgan fingerprint density at radius 2 is 2.10 bits per heavy atom. The fraction of sp³-hybridized carbons (Fsp3) is 0.273. The lowest BCUT2D eigenvalue weighted by Crippen LogP contribution is -2.26. The Morgan fingerprint density at radius 1 is 1.29 bits per heavy atom. The molecule has 4 rings (SSSR count). The zero-order valence-electron chi connectivity index (χ0n) is 16.8. The van der Waals surface area contributed by atoms with Crippen LogP contribution in [0, 0.1) is 29.6 Å². The Labute approximate surface area is 188 Å². The van der Waals surface area contributed by atoms with Gasteiger partial charge in [-0.05, 0) is 43.0 Å².